The van der Waals surface area contributed by atoms with Gasteiger partial charge in [-0.3, -0.25) is 0 Å². The molecule has 0 aliphatic carbocycles. The van der Waals surface area contributed by atoms with Gasteiger partial charge in [0, 0.05) is 22.3 Å². The molecule has 0 bridgehead atoms. The van der Waals surface area contributed by atoms with Gasteiger partial charge in [-0.1, -0.05) is 0 Å². The third kappa shape index (κ3) is 22.5. The van der Waals surface area contributed by atoms with Crippen LogP contribution in [0.15, 0.2) is 0 Å². The van der Waals surface area contributed by atoms with Crippen molar-refractivity contribution < 1.29 is 33.4 Å². The number of aliphatic hydroxyl groups is 2. The van der Waals surface area contributed by atoms with Crippen molar-refractivity contribution in [3.05, 3.63) is 0 Å². The zero-order valence-electron chi connectivity index (χ0n) is 6.03. The van der Waals surface area contributed by atoms with Crippen LogP contribution in [-0.2, 0) is 13.4 Å². The van der Waals surface area contributed by atoms with Crippen LogP contribution in [0.4, 0.5) is 0 Å². The van der Waals surface area contributed by atoms with Gasteiger partial charge in [0.25, 0.3) is 0 Å². The first-order valence-electron chi connectivity index (χ1n) is 2.76. The van der Waals surface area contributed by atoms with E-state index in [2.05, 4.69) is 4.31 Å². The fourth-order valence-corrected chi connectivity index (χ4v) is 0.608. The zero-order chi connectivity index (χ0) is 9.98. The molecule has 9 heteroatoms. The van der Waals surface area contributed by atoms with Crippen LogP contribution in [0.1, 0.15) is 6.42 Å². The Kier molecular flexibility index (Phi) is 13.3. The molecule has 2 atom stereocenters. The van der Waals surface area contributed by atoms with Gasteiger partial charge in [0.05, 0.1) is 0 Å². The van der Waals surface area contributed by atoms with Gasteiger partial charge in [0.2, 0.25) is 0 Å². The monoisotopic (exact) mass is 220 g/mol. The summed E-state index contributed by atoms with van der Waals surface area (Å²) in [5.74, 6) is 0. The van der Waals surface area contributed by atoms with Gasteiger partial charge in [-0.05, 0) is 6.42 Å². The Bertz CT molecular complexity index is 123. The highest BCUT2D eigenvalue weighted by Gasteiger charge is 2.31. The van der Waals surface area contributed by atoms with E-state index < -0.39 is 16.5 Å². The highest BCUT2D eigenvalue weighted by Crippen LogP contribution is 2.30. The van der Waals surface area contributed by atoms with Crippen LogP contribution in [0.25, 0.3) is 0 Å². The fourth-order valence-electron chi connectivity index (χ4n) is 0.130. The fraction of sp³-hybridized carbons (Fsp3) is 1.00. The second kappa shape index (κ2) is 11.0. The standard InChI is InChI=1S/C3H8O2.O5P2/c4-2-1-3-5;1-6(2)5-7(3)4/h4-5H,1-3H2;/p+2. The SMILES string of the molecule is O=[P+](O)O[P+](=O)O.OCCCO. The molecule has 4 N–H and O–H groups in total. The molecule has 72 valence electrons. The lowest BCUT2D eigenvalue weighted by Crippen LogP contribution is -1.85. The van der Waals surface area contributed by atoms with E-state index in [1.165, 1.54) is 0 Å². The van der Waals surface area contributed by atoms with Crippen LogP contribution in [0.5, 0.6) is 0 Å². The molecule has 0 fully saturated rings. The summed E-state index contributed by atoms with van der Waals surface area (Å²) < 4.78 is 22.2. The van der Waals surface area contributed by atoms with E-state index >= 15 is 0 Å². The Balaban J connectivity index is 0. The van der Waals surface area contributed by atoms with E-state index in [1.807, 2.05) is 0 Å². The molecule has 0 aromatic carbocycles. The van der Waals surface area contributed by atoms with Gasteiger partial charge < -0.3 is 10.2 Å². The van der Waals surface area contributed by atoms with Gasteiger partial charge >= 0.3 is 16.5 Å². The van der Waals surface area contributed by atoms with Gasteiger partial charge in [0.1, 0.15) is 0 Å². The lowest BCUT2D eigenvalue weighted by Gasteiger charge is -1.79. The molecule has 0 rings (SSSR count). The molecule has 0 aromatic rings. The van der Waals surface area contributed by atoms with Gasteiger partial charge in [-0.25, -0.2) is 0 Å². The number of hydrogen-bond acceptors (Lipinski definition) is 5. The first-order chi connectivity index (χ1) is 5.54. The first kappa shape index (κ1) is 14.5. The minimum absolute atomic E-state index is 0.0938. The molecule has 0 aliphatic heterocycles. The lowest BCUT2D eigenvalue weighted by atomic mass is 10.5. The molecule has 0 saturated heterocycles. The van der Waals surface area contributed by atoms with Crippen LogP contribution in [0.3, 0.4) is 0 Å². The maximum Gasteiger partial charge on any atom is 0.745 e. The van der Waals surface area contributed by atoms with E-state index in [-0.39, 0.29) is 13.2 Å². The van der Waals surface area contributed by atoms with Crippen molar-refractivity contribution in [3.8, 4) is 0 Å². The predicted molar refractivity (Wildman–Crippen MR) is 39.5 cm³/mol. The number of hydrogen-bond donors (Lipinski definition) is 4. The average molecular weight is 220 g/mol. The van der Waals surface area contributed by atoms with Crippen molar-refractivity contribution >= 4 is 16.5 Å². The van der Waals surface area contributed by atoms with Crippen molar-refractivity contribution in [2.45, 2.75) is 6.42 Å². The molecule has 0 amide bonds. The van der Waals surface area contributed by atoms with Crippen LogP contribution in [0, 0.1) is 0 Å². The smallest absolute Gasteiger partial charge is 0.396 e. The normalized spacial score (nSPS) is 11.3. The molecular formula is C3H10O7P2+2. The summed E-state index contributed by atoms with van der Waals surface area (Å²) in [5.41, 5.74) is 0. The molecule has 0 aliphatic rings. The van der Waals surface area contributed by atoms with Crippen molar-refractivity contribution in [2.75, 3.05) is 13.2 Å². The van der Waals surface area contributed by atoms with E-state index in [0.717, 1.165) is 0 Å². The van der Waals surface area contributed by atoms with Crippen molar-refractivity contribution in [1.82, 2.24) is 0 Å². The van der Waals surface area contributed by atoms with Crippen LogP contribution < -0.4 is 0 Å². The minimum atomic E-state index is -2.92. The summed E-state index contributed by atoms with van der Waals surface area (Å²) in [4.78, 5) is 15.3. The van der Waals surface area contributed by atoms with Crippen molar-refractivity contribution in [2.24, 2.45) is 0 Å². The van der Waals surface area contributed by atoms with Crippen LogP contribution in [-0.4, -0.2) is 33.2 Å². The van der Waals surface area contributed by atoms with Gasteiger partial charge in [-0.2, -0.15) is 0 Å². The Morgan fingerprint density at radius 1 is 1.00 bits per heavy atom. The third-order valence-corrected chi connectivity index (χ3v) is 1.57. The highest BCUT2D eigenvalue weighted by molar-refractivity contribution is 7.46. The summed E-state index contributed by atoms with van der Waals surface area (Å²) in [6, 6.07) is 0. The van der Waals surface area contributed by atoms with Crippen molar-refractivity contribution in [3.63, 3.8) is 0 Å². The minimum Gasteiger partial charge on any atom is -0.396 e. The zero-order valence-corrected chi connectivity index (χ0v) is 7.82. The molecule has 12 heavy (non-hydrogen) atoms. The lowest BCUT2D eigenvalue weighted by molar-refractivity contribution is 0.221. The third-order valence-electron chi connectivity index (χ3n) is 0.456. The van der Waals surface area contributed by atoms with Crippen molar-refractivity contribution in [1.29, 1.82) is 0 Å². The van der Waals surface area contributed by atoms with E-state index in [1.54, 1.807) is 0 Å². The molecule has 0 spiro atoms. The summed E-state index contributed by atoms with van der Waals surface area (Å²) in [5, 5.41) is 15.8. The largest absolute Gasteiger partial charge is 0.745 e. The van der Waals surface area contributed by atoms with Gasteiger partial charge in [-0.15, -0.1) is 9.79 Å². The molecule has 0 aromatic heterocycles. The Labute approximate surface area is 70.5 Å². The maximum absolute atomic E-state index is 9.39. The molecule has 2 unspecified atom stereocenters. The second-order valence-corrected chi connectivity index (χ2v) is 2.96. The van der Waals surface area contributed by atoms with E-state index in [9.17, 15) is 9.13 Å². The van der Waals surface area contributed by atoms with E-state index in [0.29, 0.717) is 6.42 Å². The quantitative estimate of drug-likeness (QED) is 0.477. The summed E-state index contributed by atoms with van der Waals surface area (Å²) in [7, 11) is -5.85. The topological polar surface area (TPSA) is 124 Å². The summed E-state index contributed by atoms with van der Waals surface area (Å²) in [6.07, 6.45) is 0.500. The molecule has 0 radical (unpaired) electrons. The highest BCUT2D eigenvalue weighted by atomic mass is 31.2. The number of rotatable bonds is 4. The maximum atomic E-state index is 9.39. The van der Waals surface area contributed by atoms with E-state index in [4.69, 9.17) is 20.0 Å². The molecule has 0 saturated carbocycles. The van der Waals surface area contributed by atoms with Crippen LogP contribution in [0.2, 0.25) is 0 Å². The Morgan fingerprint density at radius 2 is 1.33 bits per heavy atom. The molecule has 0 heterocycles. The molecular weight excluding hydrogens is 210 g/mol. The first-order valence-corrected chi connectivity index (χ1v) is 5.02. The predicted octanol–water partition coefficient (Wildman–Crippen LogP) is -0.337. The van der Waals surface area contributed by atoms with Gasteiger partial charge in [0.15, 0.2) is 4.31 Å². The Morgan fingerprint density at radius 3 is 1.33 bits per heavy atom. The summed E-state index contributed by atoms with van der Waals surface area (Å²) >= 11 is 0. The summed E-state index contributed by atoms with van der Waals surface area (Å²) in [6.45, 7) is 0.188. The van der Waals surface area contributed by atoms with Crippen LogP contribution >= 0.6 is 16.5 Å². The average Bonchev–Trinajstić information content (AvgIpc) is 1.87. The number of aliphatic hydroxyl groups excluding tert-OH is 2. The Hall–Kier alpha value is -0.0000000000000000694. The second-order valence-electron chi connectivity index (χ2n) is 1.36. The molecule has 7 nitrogen and oxygen atoms in total.